The molecule has 0 heterocycles. The SMILES string of the molecule is C=CC(=O)OCCN(CC)CC.C=CC(=O)OCCO. The number of esters is 2. The maximum absolute atomic E-state index is 10.6. The number of aliphatic hydroxyl groups is 1. The summed E-state index contributed by atoms with van der Waals surface area (Å²) in [5.41, 5.74) is 0. The average molecular weight is 287 g/mol. The van der Waals surface area contributed by atoms with E-state index in [2.05, 4.69) is 36.6 Å². The first-order valence-electron chi connectivity index (χ1n) is 6.47. The fourth-order valence-corrected chi connectivity index (χ4v) is 1.08. The molecule has 0 aromatic carbocycles. The number of rotatable bonds is 9. The van der Waals surface area contributed by atoms with E-state index in [0.717, 1.165) is 25.7 Å². The van der Waals surface area contributed by atoms with E-state index < -0.39 is 5.97 Å². The lowest BCUT2D eigenvalue weighted by molar-refractivity contribution is -0.139. The van der Waals surface area contributed by atoms with Crippen LogP contribution in [0.4, 0.5) is 0 Å². The minimum Gasteiger partial charge on any atom is -0.461 e. The van der Waals surface area contributed by atoms with Gasteiger partial charge < -0.3 is 19.5 Å². The Hall–Kier alpha value is -1.66. The van der Waals surface area contributed by atoms with E-state index in [0.29, 0.717) is 6.61 Å². The highest BCUT2D eigenvalue weighted by atomic mass is 16.5. The van der Waals surface area contributed by atoms with Crippen molar-refractivity contribution in [2.45, 2.75) is 13.8 Å². The zero-order chi connectivity index (χ0) is 15.8. The predicted molar refractivity (Wildman–Crippen MR) is 77.2 cm³/mol. The standard InChI is InChI=1S/C9H17NO2.C5H8O3/c1-4-9(11)12-8-7-10(5-2)6-3;1-2-5(7)8-4-3-6/h4H,1,5-8H2,2-3H3;2,6H,1,3-4H2. The van der Waals surface area contributed by atoms with Crippen LogP contribution in [0.5, 0.6) is 0 Å². The molecule has 20 heavy (non-hydrogen) atoms. The summed E-state index contributed by atoms with van der Waals surface area (Å²) in [5.74, 6) is -0.846. The first-order valence-corrected chi connectivity index (χ1v) is 6.47. The Morgan fingerprint density at radius 1 is 1.05 bits per heavy atom. The second-order valence-corrected chi connectivity index (χ2v) is 3.49. The van der Waals surface area contributed by atoms with Gasteiger partial charge in [0.05, 0.1) is 6.61 Å². The summed E-state index contributed by atoms with van der Waals surface area (Å²) in [6, 6.07) is 0. The van der Waals surface area contributed by atoms with Crippen LogP contribution in [0, 0.1) is 0 Å². The van der Waals surface area contributed by atoms with E-state index in [1.165, 1.54) is 6.08 Å². The molecule has 0 fully saturated rings. The molecule has 0 rings (SSSR count). The molecule has 1 N–H and O–H groups in total. The maximum Gasteiger partial charge on any atom is 0.330 e. The lowest BCUT2D eigenvalue weighted by Crippen LogP contribution is -2.27. The lowest BCUT2D eigenvalue weighted by Gasteiger charge is -2.16. The third-order valence-electron chi connectivity index (χ3n) is 2.22. The molecule has 0 saturated heterocycles. The topological polar surface area (TPSA) is 76.1 Å². The number of likely N-dealkylation sites (N-methyl/N-ethyl adjacent to an activating group) is 1. The highest BCUT2D eigenvalue weighted by molar-refractivity contribution is 5.81. The summed E-state index contributed by atoms with van der Waals surface area (Å²) in [6.45, 7) is 13.8. The third kappa shape index (κ3) is 14.4. The number of hydrogen-bond donors (Lipinski definition) is 1. The highest BCUT2D eigenvalue weighted by Crippen LogP contribution is 1.87. The second-order valence-electron chi connectivity index (χ2n) is 3.49. The van der Waals surface area contributed by atoms with Gasteiger partial charge in [0.1, 0.15) is 13.2 Å². The Kier molecular flexibility index (Phi) is 15.9. The van der Waals surface area contributed by atoms with Crippen LogP contribution in [-0.2, 0) is 19.1 Å². The zero-order valence-electron chi connectivity index (χ0n) is 12.3. The highest BCUT2D eigenvalue weighted by Gasteiger charge is 1.99. The Morgan fingerprint density at radius 3 is 1.85 bits per heavy atom. The fourth-order valence-electron chi connectivity index (χ4n) is 1.08. The van der Waals surface area contributed by atoms with Gasteiger partial charge in [-0.1, -0.05) is 27.0 Å². The van der Waals surface area contributed by atoms with Gasteiger partial charge >= 0.3 is 11.9 Å². The molecule has 0 aliphatic carbocycles. The maximum atomic E-state index is 10.6. The van der Waals surface area contributed by atoms with Crippen LogP contribution in [-0.4, -0.2) is 61.4 Å². The van der Waals surface area contributed by atoms with E-state index in [9.17, 15) is 9.59 Å². The smallest absolute Gasteiger partial charge is 0.330 e. The van der Waals surface area contributed by atoms with Crippen molar-refractivity contribution in [3.8, 4) is 0 Å². The minimum atomic E-state index is -0.501. The van der Waals surface area contributed by atoms with E-state index in [-0.39, 0.29) is 19.2 Å². The zero-order valence-corrected chi connectivity index (χ0v) is 12.3. The van der Waals surface area contributed by atoms with Crippen LogP contribution in [0.1, 0.15) is 13.8 Å². The van der Waals surface area contributed by atoms with E-state index in [1.54, 1.807) is 0 Å². The number of aliphatic hydroxyl groups excluding tert-OH is 1. The summed E-state index contributed by atoms with van der Waals surface area (Å²) in [4.78, 5) is 22.9. The molecule has 0 saturated carbocycles. The van der Waals surface area contributed by atoms with Gasteiger partial charge in [0.25, 0.3) is 0 Å². The van der Waals surface area contributed by atoms with Gasteiger partial charge in [-0.15, -0.1) is 0 Å². The molecule has 6 nitrogen and oxygen atoms in total. The molecular formula is C14H25NO5. The Balaban J connectivity index is 0. The molecule has 0 amide bonds. The first-order chi connectivity index (χ1) is 9.55. The van der Waals surface area contributed by atoms with Crippen molar-refractivity contribution in [2.24, 2.45) is 0 Å². The van der Waals surface area contributed by atoms with E-state index in [1.807, 2.05) is 0 Å². The quantitative estimate of drug-likeness (QED) is 0.498. The van der Waals surface area contributed by atoms with Gasteiger partial charge in [0.15, 0.2) is 0 Å². The predicted octanol–water partition coefficient (Wildman–Crippen LogP) is 0.765. The molecule has 6 heteroatoms. The van der Waals surface area contributed by atoms with Gasteiger partial charge in [-0.05, 0) is 13.1 Å². The summed E-state index contributed by atoms with van der Waals surface area (Å²) in [7, 11) is 0. The van der Waals surface area contributed by atoms with Gasteiger partial charge in [-0.2, -0.15) is 0 Å². The third-order valence-corrected chi connectivity index (χ3v) is 2.22. The van der Waals surface area contributed by atoms with Crippen LogP contribution < -0.4 is 0 Å². The molecule has 0 bridgehead atoms. The van der Waals surface area contributed by atoms with Gasteiger partial charge in [0.2, 0.25) is 0 Å². The van der Waals surface area contributed by atoms with Crippen molar-refractivity contribution < 1.29 is 24.2 Å². The average Bonchev–Trinajstić information content (AvgIpc) is 2.49. The molecule has 0 unspecified atom stereocenters. The lowest BCUT2D eigenvalue weighted by atomic mass is 10.5. The number of carbonyl (C=O) groups excluding carboxylic acids is 2. The van der Waals surface area contributed by atoms with Crippen molar-refractivity contribution in [1.29, 1.82) is 0 Å². The van der Waals surface area contributed by atoms with Crippen LogP contribution in [0.25, 0.3) is 0 Å². The normalized spacial score (nSPS) is 9.20. The Morgan fingerprint density at radius 2 is 1.50 bits per heavy atom. The number of nitrogens with zero attached hydrogens (tertiary/aromatic N) is 1. The summed E-state index contributed by atoms with van der Waals surface area (Å²) >= 11 is 0. The van der Waals surface area contributed by atoms with Crippen molar-refractivity contribution in [1.82, 2.24) is 4.90 Å². The minimum absolute atomic E-state index is 0.0465. The monoisotopic (exact) mass is 287 g/mol. The van der Waals surface area contributed by atoms with Gasteiger partial charge in [-0.25, -0.2) is 9.59 Å². The van der Waals surface area contributed by atoms with Gasteiger partial charge in [0, 0.05) is 18.7 Å². The summed E-state index contributed by atoms with van der Waals surface area (Å²) in [6.07, 6.45) is 2.23. The van der Waals surface area contributed by atoms with Crippen molar-refractivity contribution in [3.05, 3.63) is 25.3 Å². The summed E-state index contributed by atoms with van der Waals surface area (Å²) in [5, 5.41) is 8.10. The molecule has 0 aromatic heterocycles. The van der Waals surface area contributed by atoms with E-state index >= 15 is 0 Å². The first kappa shape index (κ1) is 20.7. The van der Waals surface area contributed by atoms with Crippen LogP contribution >= 0.6 is 0 Å². The summed E-state index contributed by atoms with van der Waals surface area (Å²) < 4.78 is 9.16. The van der Waals surface area contributed by atoms with E-state index in [4.69, 9.17) is 9.84 Å². The second kappa shape index (κ2) is 15.4. The van der Waals surface area contributed by atoms with Crippen LogP contribution in [0.3, 0.4) is 0 Å². The van der Waals surface area contributed by atoms with Gasteiger partial charge in [-0.3, -0.25) is 0 Å². The fraction of sp³-hybridized carbons (Fsp3) is 0.571. The molecule has 0 aliphatic rings. The molecule has 0 aliphatic heterocycles. The largest absolute Gasteiger partial charge is 0.461 e. The van der Waals surface area contributed by atoms with Crippen molar-refractivity contribution in [3.63, 3.8) is 0 Å². The Labute approximate surface area is 120 Å². The van der Waals surface area contributed by atoms with Crippen LogP contribution in [0.15, 0.2) is 25.3 Å². The van der Waals surface area contributed by atoms with Crippen molar-refractivity contribution in [2.75, 3.05) is 39.5 Å². The molecule has 0 radical (unpaired) electrons. The number of carbonyl (C=O) groups is 2. The molecule has 0 spiro atoms. The molecule has 116 valence electrons. The molecule has 0 aromatic rings. The molecular weight excluding hydrogens is 262 g/mol. The molecule has 0 atom stereocenters. The van der Waals surface area contributed by atoms with Crippen LogP contribution in [0.2, 0.25) is 0 Å². The number of ether oxygens (including phenoxy) is 2. The van der Waals surface area contributed by atoms with Crippen molar-refractivity contribution >= 4 is 11.9 Å². The number of hydrogen-bond acceptors (Lipinski definition) is 6. The Bertz CT molecular complexity index is 287.